The molecule has 0 spiro atoms. The van der Waals surface area contributed by atoms with Crippen LogP contribution in [0.3, 0.4) is 0 Å². The summed E-state index contributed by atoms with van der Waals surface area (Å²) in [6.45, 7) is 27.7. The molecule has 1 aliphatic rings. The van der Waals surface area contributed by atoms with E-state index < -0.39 is 168 Å². The third-order valence-corrected chi connectivity index (χ3v) is 16.7. The van der Waals surface area contributed by atoms with Crippen LogP contribution in [-0.4, -0.2) is 252 Å². The van der Waals surface area contributed by atoms with E-state index in [4.69, 9.17) is 9.47 Å². The number of carbonyl (C=O) groups excluding carboxylic acids is 12. The number of hydrogen-bond donors (Lipinski definition) is 5. The first kappa shape index (κ1) is 83.1. The number of nitrogens with one attached hydrogen (secondary N) is 4. The van der Waals surface area contributed by atoms with E-state index in [0.29, 0.717) is 0 Å². The maximum atomic E-state index is 15.2. The van der Waals surface area contributed by atoms with Crippen LogP contribution in [-0.2, 0) is 67.0 Å². The second kappa shape index (κ2) is 38.9. The van der Waals surface area contributed by atoms with Crippen LogP contribution >= 0.6 is 0 Å². The average Bonchev–Trinajstić information content (AvgIpc) is 0.831. The second-order valence-corrected chi connectivity index (χ2v) is 26.7. The van der Waals surface area contributed by atoms with E-state index in [0.717, 1.165) is 14.7 Å². The van der Waals surface area contributed by atoms with E-state index in [9.17, 15) is 53.1 Å². The van der Waals surface area contributed by atoms with Gasteiger partial charge in [-0.3, -0.25) is 57.5 Å². The second-order valence-electron chi connectivity index (χ2n) is 26.7. The zero-order chi connectivity index (χ0) is 71.1. The van der Waals surface area contributed by atoms with Crippen LogP contribution in [0.15, 0.2) is 24.3 Å². The van der Waals surface area contributed by atoms with Crippen LogP contribution in [0.1, 0.15) is 150 Å². The van der Waals surface area contributed by atoms with Crippen molar-refractivity contribution >= 4 is 70.9 Å². The predicted octanol–water partition coefficient (Wildman–Crippen LogP) is 2.75. The van der Waals surface area contributed by atoms with Gasteiger partial charge in [0.05, 0.1) is 25.4 Å². The summed E-state index contributed by atoms with van der Waals surface area (Å²) in [6, 6.07) is -13.1. The lowest BCUT2D eigenvalue weighted by Crippen LogP contribution is -2.63. The summed E-state index contributed by atoms with van der Waals surface area (Å²) < 4.78 is 11.0. The molecule has 5 N–H and O–H groups in total. The van der Waals surface area contributed by atoms with Crippen LogP contribution in [0, 0.1) is 35.5 Å². The highest BCUT2D eigenvalue weighted by Gasteiger charge is 2.46. The average molecular weight is 1300 g/mol. The van der Waals surface area contributed by atoms with Crippen LogP contribution in [0.25, 0.3) is 0 Å². The lowest BCUT2D eigenvalue weighted by atomic mass is 9.91. The maximum Gasteiger partial charge on any atom is 0.302 e. The highest BCUT2D eigenvalue weighted by atomic mass is 16.5. The molecule has 1 aliphatic heterocycles. The number of carbonyl (C=O) groups is 12. The van der Waals surface area contributed by atoms with Gasteiger partial charge >= 0.3 is 5.97 Å². The first-order valence-electron chi connectivity index (χ1n) is 32.4. The smallest absolute Gasteiger partial charge is 0.302 e. The Morgan fingerprint density at radius 1 is 0.522 bits per heavy atom. The van der Waals surface area contributed by atoms with Crippen LogP contribution in [0.2, 0.25) is 0 Å². The largest absolute Gasteiger partial charge is 0.462 e. The maximum absolute atomic E-state index is 15.2. The summed E-state index contributed by atoms with van der Waals surface area (Å²) in [5.74, 6) is -11.0. The third kappa shape index (κ3) is 24.2. The predicted molar refractivity (Wildman–Crippen MR) is 350 cm³/mol. The SMILES string of the molecule is C/C=C/C[C@@H](C)[C@@H](O)[C@H]1C(=O)N[C@@H](CC)C(=O)N(C)CC(=O)N(C)[C@@H]([C@@H](C)OC/C=C/COC(C)=O)C(=O)N[C@@H](C(C)C)C(=O)N(C)[C@H](CC(C)C)C(=O)N[C@@H](C)C(=O)N[C@@H](C)C(=O)N(C)[C@@H](CC(C)C)C(=O)N(C)[C@H](CC(C)C)C(=O)N(C)[C@@H](C(C)C)C(=O)N1C. The first-order valence-corrected chi connectivity index (χ1v) is 32.4. The molecule has 0 unspecified atom stereocenters. The molecule has 92 heavy (non-hydrogen) atoms. The minimum Gasteiger partial charge on any atom is -0.462 e. The molecule has 0 aromatic heterocycles. The Bertz CT molecular complexity index is 2580. The molecule has 524 valence electrons. The van der Waals surface area contributed by atoms with E-state index in [-0.39, 0.29) is 63.1 Å². The number of aliphatic hydroxyl groups is 1. The molecule has 0 aliphatic carbocycles. The fourth-order valence-electron chi connectivity index (χ4n) is 11.1. The quantitative estimate of drug-likeness (QED) is 0.0918. The van der Waals surface area contributed by atoms with Gasteiger partial charge in [0.2, 0.25) is 65.0 Å². The number of hydrogen-bond acceptors (Lipinski definition) is 15. The molecule has 1 heterocycles. The molecule has 0 aromatic carbocycles. The molecular formula is C66H115N11O15. The standard InChI is InChI=1S/C66H115N11O15/c1-25-27-30-42(13)56(80)55-60(84)69-47(26-2)62(86)71(18)36-51(79)75(22)54(45(16)91-31-28-29-32-92-46(17)78)59(83)70-52(40(9)10)65(89)72(19)48(33-37(3)4)58(82)67-43(14)57(81)68-44(15)61(85)73(20)49(34-38(5)6)63(87)74(21)50(35-39(7)8)64(88)76(23)53(41(11)12)66(90)77(55)24/h25,27-29,37-45,47-50,52-56,80H,26,30-36H2,1-24H3,(H,67,82)(H,68,81)(H,69,84)(H,70,83)/b27-25+,29-28+/t42-,43+,44+,45-,47+,48-,49+,50-,52+,53+,54+,55+,56-/m1/s1. The van der Waals surface area contributed by atoms with Crippen molar-refractivity contribution < 1.29 is 72.1 Å². The van der Waals surface area contributed by atoms with E-state index in [1.165, 1.54) is 109 Å². The Morgan fingerprint density at radius 2 is 0.989 bits per heavy atom. The minimum atomic E-state index is -1.65. The fraction of sp³-hybridized carbons (Fsp3) is 0.758. The van der Waals surface area contributed by atoms with Gasteiger partial charge in [-0.15, -0.1) is 0 Å². The van der Waals surface area contributed by atoms with E-state index in [1.807, 2.05) is 41.5 Å². The summed E-state index contributed by atoms with van der Waals surface area (Å²) in [7, 11) is 9.66. The first-order chi connectivity index (χ1) is 42.6. The Hall–Kier alpha value is -6.96. The molecule has 1 rings (SSSR count). The van der Waals surface area contributed by atoms with Gasteiger partial charge in [-0.25, -0.2) is 0 Å². The van der Waals surface area contributed by atoms with E-state index in [1.54, 1.807) is 60.6 Å². The van der Waals surface area contributed by atoms with E-state index in [2.05, 4.69) is 21.3 Å². The molecule has 0 saturated carbocycles. The summed E-state index contributed by atoms with van der Waals surface area (Å²) in [5.41, 5.74) is 0. The van der Waals surface area contributed by atoms with Crippen molar-refractivity contribution in [2.45, 2.75) is 222 Å². The van der Waals surface area contributed by atoms with Crippen molar-refractivity contribution in [3.8, 4) is 0 Å². The molecule has 11 amide bonds. The van der Waals surface area contributed by atoms with Gasteiger partial charge < -0.3 is 70.1 Å². The van der Waals surface area contributed by atoms with Crippen molar-refractivity contribution in [1.29, 1.82) is 0 Å². The van der Waals surface area contributed by atoms with Crippen LogP contribution in [0.5, 0.6) is 0 Å². The zero-order valence-corrected chi connectivity index (χ0v) is 59.7. The van der Waals surface area contributed by atoms with Crippen molar-refractivity contribution in [1.82, 2.24) is 55.6 Å². The third-order valence-electron chi connectivity index (χ3n) is 16.7. The number of nitrogens with zero attached hydrogens (tertiary/aromatic N) is 7. The molecule has 1 saturated heterocycles. The molecule has 0 radical (unpaired) electrons. The molecule has 1 fully saturated rings. The zero-order valence-electron chi connectivity index (χ0n) is 59.7. The lowest BCUT2D eigenvalue weighted by molar-refractivity contribution is -0.157. The normalized spacial score (nSPS) is 26.1. The monoisotopic (exact) mass is 1300 g/mol. The number of aliphatic hydroxyl groups excluding tert-OH is 1. The Labute approximate surface area is 548 Å². The van der Waals surface area contributed by atoms with Crippen molar-refractivity contribution in [3.05, 3.63) is 24.3 Å². The Kier molecular flexibility index (Phi) is 35.1. The summed E-state index contributed by atoms with van der Waals surface area (Å²) in [5, 5.41) is 23.0. The number of likely N-dealkylation sites (N-methyl/N-ethyl adjacent to an activating group) is 7. The number of ether oxygens (including phenoxy) is 2. The van der Waals surface area contributed by atoms with Crippen molar-refractivity contribution in [2.75, 3.05) is 69.1 Å². The summed E-state index contributed by atoms with van der Waals surface area (Å²) in [4.78, 5) is 181. The summed E-state index contributed by atoms with van der Waals surface area (Å²) in [6.07, 6.45) is 4.59. The van der Waals surface area contributed by atoms with Crippen molar-refractivity contribution in [2.24, 2.45) is 35.5 Å². The van der Waals surface area contributed by atoms with Gasteiger partial charge in [0, 0.05) is 56.3 Å². The molecule has 0 aromatic rings. The summed E-state index contributed by atoms with van der Waals surface area (Å²) >= 11 is 0. The van der Waals surface area contributed by atoms with Gasteiger partial charge in [0.25, 0.3) is 0 Å². The lowest BCUT2D eigenvalue weighted by Gasteiger charge is -2.41. The highest BCUT2D eigenvalue weighted by molar-refractivity contribution is 5.99. The number of amides is 11. The molecule has 13 atom stereocenters. The topological polar surface area (TPSA) is 314 Å². The number of esters is 1. The minimum absolute atomic E-state index is 0.0302. The van der Waals surface area contributed by atoms with Gasteiger partial charge in [-0.05, 0) is 101 Å². The number of rotatable bonds is 19. The Balaban J connectivity index is 4.40. The Morgan fingerprint density at radius 3 is 1.48 bits per heavy atom. The van der Waals surface area contributed by atoms with Gasteiger partial charge in [0.15, 0.2) is 0 Å². The molecular weight excluding hydrogens is 1190 g/mol. The van der Waals surface area contributed by atoms with Crippen molar-refractivity contribution in [3.63, 3.8) is 0 Å². The molecule has 26 heteroatoms. The van der Waals surface area contributed by atoms with E-state index >= 15 is 9.59 Å². The number of allylic oxidation sites excluding steroid dienone is 2. The fourth-order valence-corrected chi connectivity index (χ4v) is 11.1. The van der Waals surface area contributed by atoms with Gasteiger partial charge in [0.1, 0.15) is 67.0 Å². The van der Waals surface area contributed by atoms with Gasteiger partial charge in [-0.2, -0.15) is 0 Å². The van der Waals surface area contributed by atoms with Gasteiger partial charge in [-0.1, -0.05) is 101 Å². The van der Waals surface area contributed by atoms with Crippen LogP contribution < -0.4 is 21.3 Å². The van der Waals surface area contributed by atoms with Crippen LogP contribution in [0.4, 0.5) is 0 Å². The highest BCUT2D eigenvalue weighted by Crippen LogP contribution is 2.26. The molecule has 0 bridgehead atoms. The molecule has 26 nitrogen and oxygen atoms in total.